The predicted octanol–water partition coefficient (Wildman–Crippen LogP) is 11.0. The molecular weight excluding hydrogens is 970 g/mol. The van der Waals surface area contributed by atoms with Crippen molar-refractivity contribution in [3.63, 3.8) is 0 Å². The van der Waals surface area contributed by atoms with E-state index in [1.165, 1.54) is 30.7 Å². The van der Waals surface area contributed by atoms with E-state index in [9.17, 15) is 20.1 Å². The maximum absolute atomic E-state index is 12.8. The molecule has 2 aromatic carbocycles. The first-order chi connectivity index (χ1) is 33.4. The van der Waals surface area contributed by atoms with E-state index in [1.807, 2.05) is 24.3 Å². The van der Waals surface area contributed by atoms with Crippen LogP contribution >= 0.6 is 46.4 Å². The van der Waals surface area contributed by atoms with Gasteiger partial charge in [0.15, 0.2) is 0 Å². The summed E-state index contributed by atoms with van der Waals surface area (Å²) in [6.45, 7) is 0.801. The number of nitriles is 2. The largest absolute Gasteiger partial charge is 0.478 e. The number of aromatic nitrogens is 8. The van der Waals surface area contributed by atoms with Crippen molar-refractivity contribution in [1.29, 1.82) is 10.5 Å². The number of hydrogen-bond donors (Lipinski definition) is 5. The van der Waals surface area contributed by atoms with Crippen molar-refractivity contribution in [2.45, 2.75) is 33.4 Å². The third-order valence-corrected chi connectivity index (χ3v) is 11.6. The number of halogens is 4. The number of benzene rings is 2. The molecule has 0 saturated heterocycles. The lowest BCUT2D eigenvalue weighted by Crippen LogP contribution is -2.23. The molecule has 0 radical (unpaired) electrons. The predicted molar refractivity (Wildman–Crippen MR) is 272 cm³/mol. The normalized spacial score (nSPS) is 10.6. The van der Waals surface area contributed by atoms with Gasteiger partial charge in [-0.1, -0.05) is 53.8 Å². The van der Waals surface area contributed by atoms with Crippen LogP contribution in [0.5, 0.6) is 0 Å². The standard InChI is InChI=1S/C25H16Cl2N6O.C17H10ClN3O2.C8H8ClN3.CH4/c26-19-7-17-3-14(4-18(9-28)23(17)30-12-19)5-20-8-16(1-2-29-20)25(34)33-11-15-6-21-22(27)13-32-24(21)31-10-15;18-14-6-12-3-10(4-13(8-19)16(12)21-9-14)5-15-7-11(17(22)23)1-2-20-15;9-7-4-12-8-6(7)1-5(2-10)3-11-8;/h1-4,6-8,10,12-13H,5,11H2,(H,31,32)(H,33,34);1-4,6-7,9H,5H2,(H,22,23);1,3-4H,2,10H2,(H,11,12);1H4. The Morgan fingerprint density at radius 2 is 1.10 bits per heavy atom. The van der Waals surface area contributed by atoms with Crippen LogP contribution in [0.3, 0.4) is 0 Å². The number of pyridine rings is 6. The number of H-pyrrole nitrogens is 2. The van der Waals surface area contributed by atoms with Crippen LogP contribution in [0.1, 0.15) is 72.9 Å². The van der Waals surface area contributed by atoms with Crippen molar-refractivity contribution >= 4 is 102 Å². The number of nitrogens with zero attached hydrogens (tertiary/aromatic N) is 8. The van der Waals surface area contributed by atoms with Crippen molar-refractivity contribution in [3.8, 4) is 12.1 Å². The van der Waals surface area contributed by atoms with Crippen LogP contribution in [-0.4, -0.2) is 56.9 Å². The Bertz CT molecular complexity index is 3680. The molecule has 0 spiro atoms. The number of carboxylic acid groups (broad SMARTS) is 1. The SMILES string of the molecule is C.N#Cc1cc(Cc2cc(C(=O)NCc3cnc4[nH]cc(Cl)c4c3)ccn2)cc2cc(Cl)cnc12.N#Cc1cc(Cc2cc(C(=O)O)ccn2)cc2cc(Cl)cnc12.NCc1cnc2[nH]cc(Cl)c2c1. The van der Waals surface area contributed by atoms with Crippen LogP contribution < -0.4 is 11.1 Å². The second-order valence-corrected chi connectivity index (χ2v) is 17.0. The van der Waals surface area contributed by atoms with Gasteiger partial charge in [-0.05, 0) is 95.1 Å². The van der Waals surface area contributed by atoms with Crippen LogP contribution in [0.25, 0.3) is 43.9 Å². The van der Waals surface area contributed by atoms with E-state index in [2.05, 4.69) is 57.3 Å². The molecule has 348 valence electrons. The van der Waals surface area contributed by atoms with Crippen LogP contribution in [0.4, 0.5) is 0 Å². The van der Waals surface area contributed by atoms with Crippen molar-refractivity contribution in [1.82, 2.24) is 45.2 Å². The number of amides is 1. The number of carbonyl (C=O) groups excluding carboxylic acids is 1. The van der Waals surface area contributed by atoms with Crippen molar-refractivity contribution in [2.24, 2.45) is 5.73 Å². The number of aromatic carboxylic acids is 1. The molecule has 0 aliphatic carbocycles. The summed E-state index contributed by atoms with van der Waals surface area (Å²) in [6, 6.07) is 25.4. The van der Waals surface area contributed by atoms with E-state index in [0.29, 0.717) is 90.8 Å². The summed E-state index contributed by atoms with van der Waals surface area (Å²) in [6.07, 6.45) is 13.8. The van der Waals surface area contributed by atoms with Gasteiger partial charge in [0.2, 0.25) is 0 Å². The van der Waals surface area contributed by atoms with Crippen molar-refractivity contribution in [3.05, 3.63) is 198 Å². The number of carbonyl (C=O) groups is 2. The Balaban J connectivity index is 0.000000172. The van der Waals surface area contributed by atoms with Gasteiger partial charge in [-0.3, -0.25) is 24.7 Å². The molecule has 10 rings (SSSR count). The smallest absolute Gasteiger partial charge is 0.335 e. The third kappa shape index (κ3) is 11.8. The average molecular weight is 1010 g/mol. The molecule has 10 aromatic rings. The Morgan fingerprint density at radius 1 is 0.614 bits per heavy atom. The quantitative estimate of drug-likeness (QED) is 0.0906. The van der Waals surface area contributed by atoms with Gasteiger partial charge in [-0.2, -0.15) is 10.5 Å². The van der Waals surface area contributed by atoms with E-state index >= 15 is 0 Å². The van der Waals surface area contributed by atoms with Gasteiger partial charge in [0.1, 0.15) is 23.4 Å². The summed E-state index contributed by atoms with van der Waals surface area (Å²) in [5, 5.41) is 36.3. The Morgan fingerprint density at radius 3 is 1.60 bits per heavy atom. The fourth-order valence-electron chi connectivity index (χ4n) is 7.31. The Labute approximate surface area is 419 Å². The number of nitrogens with two attached hydrogens (primary N) is 1. The molecule has 8 aromatic heterocycles. The number of rotatable bonds is 9. The molecule has 19 heteroatoms. The summed E-state index contributed by atoms with van der Waals surface area (Å²) in [4.78, 5) is 55.2. The van der Waals surface area contributed by atoms with E-state index in [4.69, 9.17) is 57.2 Å². The minimum atomic E-state index is -0.999. The van der Waals surface area contributed by atoms with Gasteiger partial charge in [0, 0.05) is 114 Å². The topological polar surface area (TPSA) is 249 Å². The summed E-state index contributed by atoms with van der Waals surface area (Å²) in [7, 11) is 0. The first-order valence-corrected chi connectivity index (χ1v) is 22.2. The molecule has 0 unspecified atom stereocenters. The van der Waals surface area contributed by atoms with E-state index in [0.717, 1.165) is 49.4 Å². The van der Waals surface area contributed by atoms with Crippen molar-refractivity contribution < 1.29 is 14.7 Å². The minimum Gasteiger partial charge on any atom is -0.478 e. The van der Waals surface area contributed by atoms with Crippen LogP contribution in [0.2, 0.25) is 20.1 Å². The molecule has 15 nitrogen and oxygen atoms in total. The highest BCUT2D eigenvalue weighted by Crippen LogP contribution is 2.26. The highest BCUT2D eigenvalue weighted by Gasteiger charge is 2.13. The second kappa shape index (κ2) is 22.4. The van der Waals surface area contributed by atoms with Gasteiger partial charge >= 0.3 is 5.97 Å². The van der Waals surface area contributed by atoms with Gasteiger partial charge < -0.3 is 26.1 Å². The van der Waals surface area contributed by atoms with E-state index in [-0.39, 0.29) is 18.9 Å². The lowest BCUT2D eigenvalue weighted by atomic mass is 10.0. The molecule has 8 heterocycles. The number of carboxylic acids is 1. The maximum atomic E-state index is 12.8. The monoisotopic (exact) mass is 1010 g/mol. The number of fused-ring (bicyclic) bond motifs is 4. The molecule has 0 atom stereocenters. The molecule has 0 aliphatic heterocycles. The molecule has 0 bridgehead atoms. The fourth-order valence-corrected chi connectivity index (χ4v) is 8.04. The lowest BCUT2D eigenvalue weighted by molar-refractivity contribution is 0.0696. The zero-order valence-electron chi connectivity index (χ0n) is 35.8. The minimum absolute atomic E-state index is 0. The molecular formula is C51H38Cl4N12O3. The van der Waals surface area contributed by atoms with Crippen LogP contribution in [0.15, 0.2) is 122 Å². The van der Waals surface area contributed by atoms with Crippen LogP contribution in [0, 0.1) is 22.7 Å². The molecule has 0 saturated carbocycles. The zero-order valence-corrected chi connectivity index (χ0v) is 38.8. The second-order valence-electron chi connectivity index (χ2n) is 15.3. The summed E-state index contributed by atoms with van der Waals surface area (Å²) in [5.41, 5.74) is 14.6. The lowest BCUT2D eigenvalue weighted by Gasteiger charge is -2.08. The summed E-state index contributed by atoms with van der Waals surface area (Å²) in [5.74, 6) is -1.23. The Kier molecular flexibility index (Phi) is 16.0. The molecule has 0 fully saturated rings. The summed E-state index contributed by atoms with van der Waals surface area (Å²) < 4.78 is 0. The Hall–Kier alpha value is -8.02. The van der Waals surface area contributed by atoms with Gasteiger partial charge in [-0.25, -0.2) is 14.8 Å². The fraction of sp³-hybridized carbons (Fsp3) is 0.0980. The maximum Gasteiger partial charge on any atom is 0.335 e. The first kappa shape index (κ1) is 49.9. The molecule has 6 N–H and O–H groups in total. The van der Waals surface area contributed by atoms with Gasteiger partial charge in [-0.15, -0.1) is 0 Å². The van der Waals surface area contributed by atoms with E-state index in [1.54, 1.807) is 67.4 Å². The third-order valence-electron chi connectivity index (χ3n) is 10.5. The zero-order chi connectivity index (χ0) is 48.6. The molecule has 1 amide bonds. The number of nitrogens with one attached hydrogen (secondary N) is 3. The first-order valence-electron chi connectivity index (χ1n) is 20.7. The highest BCUT2D eigenvalue weighted by molar-refractivity contribution is 6.35. The number of hydrogen-bond acceptors (Lipinski definition) is 11. The average Bonchev–Trinajstić information content (AvgIpc) is 3.92. The van der Waals surface area contributed by atoms with E-state index < -0.39 is 5.97 Å². The molecule has 70 heavy (non-hydrogen) atoms. The summed E-state index contributed by atoms with van der Waals surface area (Å²) >= 11 is 24.1. The van der Waals surface area contributed by atoms with Crippen LogP contribution in [-0.2, 0) is 25.9 Å². The highest BCUT2D eigenvalue weighted by atomic mass is 35.5. The number of aromatic amines is 2. The van der Waals surface area contributed by atoms with Gasteiger partial charge in [0.25, 0.3) is 5.91 Å². The van der Waals surface area contributed by atoms with Gasteiger partial charge in [0.05, 0.1) is 47.8 Å². The van der Waals surface area contributed by atoms with Crippen molar-refractivity contribution in [2.75, 3.05) is 0 Å². The molecule has 0 aliphatic rings.